The van der Waals surface area contributed by atoms with Crippen LogP contribution in [0.3, 0.4) is 0 Å². The average molecular weight is 413 g/mol. The van der Waals surface area contributed by atoms with Crippen molar-refractivity contribution in [3.63, 3.8) is 0 Å². The lowest BCUT2D eigenvalue weighted by Gasteiger charge is -2.26. The van der Waals surface area contributed by atoms with Gasteiger partial charge in [-0.3, -0.25) is 0 Å². The van der Waals surface area contributed by atoms with Crippen LogP contribution in [-0.4, -0.2) is 33.6 Å². The smallest absolute Gasteiger partial charge is 0.236 e. The van der Waals surface area contributed by atoms with E-state index in [1.807, 2.05) is 35.2 Å². The van der Waals surface area contributed by atoms with E-state index >= 15 is 0 Å². The molecule has 152 valence electrons. The summed E-state index contributed by atoms with van der Waals surface area (Å²) < 4.78 is 37.9. The van der Waals surface area contributed by atoms with Gasteiger partial charge in [0.25, 0.3) is 0 Å². The number of hydrogen-bond acceptors (Lipinski definition) is 6. The number of nitrogens with zero attached hydrogens (tertiary/aromatic N) is 2. The third kappa shape index (κ3) is 4.15. The first-order valence-electron chi connectivity index (χ1n) is 9.75. The first kappa shape index (κ1) is 19.5. The van der Waals surface area contributed by atoms with Crippen LogP contribution in [-0.2, 0) is 16.3 Å². The highest BCUT2D eigenvalue weighted by atomic mass is 32.2. The predicted molar refractivity (Wildman–Crippen MR) is 110 cm³/mol. The topological polar surface area (TPSA) is 72.6 Å². The lowest BCUT2D eigenvalue weighted by molar-refractivity contribution is 0.414. The van der Waals surface area contributed by atoms with Crippen molar-refractivity contribution in [2.24, 2.45) is 0 Å². The summed E-state index contributed by atoms with van der Waals surface area (Å²) in [6, 6.07) is 16.1. The van der Waals surface area contributed by atoms with Crippen LogP contribution in [0.4, 0.5) is 5.88 Å². The molecule has 0 atom stereocenters. The van der Waals surface area contributed by atoms with E-state index in [1.54, 1.807) is 31.4 Å². The second kappa shape index (κ2) is 8.29. The van der Waals surface area contributed by atoms with Crippen LogP contribution in [0, 0.1) is 0 Å². The zero-order valence-corrected chi connectivity index (χ0v) is 17.2. The van der Waals surface area contributed by atoms with Crippen LogP contribution in [0.25, 0.3) is 0 Å². The van der Waals surface area contributed by atoms with Gasteiger partial charge in [0, 0.05) is 19.5 Å². The molecule has 4 rings (SSSR count). The number of piperidine rings is 1. The molecule has 0 amide bonds. The van der Waals surface area contributed by atoms with Gasteiger partial charge >= 0.3 is 0 Å². The molecule has 7 heteroatoms. The van der Waals surface area contributed by atoms with Gasteiger partial charge in [0.15, 0.2) is 0 Å². The van der Waals surface area contributed by atoms with Crippen molar-refractivity contribution < 1.29 is 17.6 Å². The first-order chi connectivity index (χ1) is 14.1. The Hall–Kier alpha value is -2.80. The number of sulfone groups is 1. The summed E-state index contributed by atoms with van der Waals surface area (Å²) in [7, 11) is -2.27. The maximum atomic E-state index is 13.4. The van der Waals surface area contributed by atoms with Gasteiger partial charge < -0.3 is 14.1 Å². The van der Waals surface area contributed by atoms with Gasteiger partial charge in [-0.25, -0.2) is 8.42 Å². The van der Waals surface area contributed by atoms with Crippen LogP contribution >= 0.6 is 0 Å². The Balaban J connectivity index is 1.74. The molecule has 0 N–H and O–H groups in total. The van der Waals surface area contributed by atoms with E-state index < -0.39 is 9.84 Å². The molecule has 29 heavy (non-hydrogen) atoms. The fraction of sp³-hybridized carbons (Fsp3) is 0.318. The number of ether oxygens (including phenoxy) is 1. The molecule has 1 aliphatic rings. The van der Waals surface area contributed by atoms with Crippen molar-refractivity contribution in [3.05, 3.63) is 66.1 Å². The lowest BCUT2D eigenvalue weighted by Crippen LogP contribution is -2.30. The number of methoxy groups -OCH3 is 1. The van der Waals surface area contributed by atoms with Crippen LogP contribution in [0.1, 0.15) is 30.7 Å². The summed E-state index contributed by atoms with van der Waals surface area (Å²) in [6.07, 6.45) is 3.61. The highest BCUT2D eigenvalue weighted by molar-refractivity contribution is 7.91. The highest BCUT2D eigenvalue weighted by Gasteiger charge is 2.31. The second-order valence-corrected chi connectivity index (χ2v) is 8.97. The molecule has 0 saturated carbocycles. The summed E-state index contributed by atoms with van der Waals surface area (Å²) >= 11 is 0. The molecule has 6 nitrogen and oxygen atoms in total. The maximum Gasteiger partial charge on any atom is 0.236 e. The summed E-state index contributed by atoms with van der Waals surface area (Å²) in [5.41, 5.74) is 1.02. The Bertz CT molecular complexity index is 1050. The third-order valence-electron chi connectivity index (χ3n) is 5.09. The minimum atomic E-state index is -3.82. The predicted octanol–water partition coefficient (Wildman–Crippen LogP) is 4.10. The fourth-order valence-electron chi connectivity index (χ4n) is 3.52. The zero-order valence-electron chi connectivity index (χ0n) is 16.4. The molecule has 0 bridgehead atoms. The summed E-state index contributed by atoms with van der Waals surface area (Å²) in [5.74, 6) is 1.36. The maximum absolute atomic E-state index is 13.4. The molecule has 1 aromatic heterocycles. The largest absolute Gasteiger partial charge is 0.497 e. The van der Waals surface area contributed by atoms with Crippen LogP contribution in [0.15, 0.2) is 68.9 Å². The van der Waals surface area contributed by atoms with E-state index in [0.717, 1.165) is 37.9 Å². The molecule has 0 unspecified atom stereocenters. The van der Waals surface area contributed by atoms with E-state index in [0.29, 0.717) is 23.9 Å². The number of rotatable bonds is 6. The van der Waals surface area contributed by atoms with Gasteiger partial charge in [0.2, 0.25) is 26.6 Å². The Morgan fingerprint density at radius 2 is 1.69 bits per heavy atom. The van der Waals surface area contributed by atoms with Crippen molar-refractivity contribution in [2.45, 2.75) is 35.6 Å². The van der Waals surface area contributed by atoms with Crippen molar-refractivity contribution in [1.82, 2.24) is 4.98 Å². The number of oxazole rings is 1. The molecule has 1 saturated heterocycles. The van der Waals surface area contributed by atoms with Gasteiger partial charge in [-0.1, -0.05) is 30.3 Å². The molecule has 2 aromatic carbocycles. The highest BCUT2D eigenvalue weighted by Crippen LogP contribution is 2.33. The molecule has 1 aliphatic heterocycles. The van der Waals surface area contributed by atoms with Crippen molar-refractivity contribution in [3.8, 4) is 5.75 Å². The lowest BCUT2D eigenvalue weighted by atomic mass is 10.1. The molecule has 3 aromatic rings. The van der Waals surface area contributed by atoms with Gasteiger partial charge in [-0.2, -0.15) is 4.98 Å². The number of hydrogen-bond donors (Lipinski definition) is 0. The average Bonchev–Trinajstić information content (AvgIpc) is 3.20. The molecule has 0 spiro atoms. The quantitative estimate of drug-likeness (QED) is 0.607. The van der Waals surface area contributed by atoms with Gasteiger partial charge in [0.05, 0.1) is 12.0 Å². The Labute approximate surface area is 171 Å². The first-order valence-corrected chi connectivity index (χ1v) is 11.2. The second-order valence-electron chi connectivity index (χ2n) is 7.11. The Morgan fingerprint density at radius 1 is 1.00 bits per heavy atom. The number of aromatic nitrogens is 1. The third-order valence-corrected chi connectivity index (χ3v) is 6.76. The molecule has 0 aliphatic carbocycles. The monoisotopic (exact) mass is 412 g/mol. The van der Waals surface area contributed by atoms with E-state index in [2.05, 4.69) is 4.98 Å². The van der Waals surface area contributed by atoms with Crippen LogP contribution in [0.2, 0.25) is 0 Å². The molecular weight excluding hydrogens is 388 g/mol. The van der Waals surface area contributed by atoms with Crippen molar-refractivity contribution >= 4 is 15.7 Å². The van der Waals surface area contributed by atoms with E-state index in [4.69, 9.17) is 9.15 Å². The van der Waals surface area contributed by atoms with Crippen molar-refractivity contribution in [2.75, 3.05) is 25.1 Å². The molecule has 2 heterocycles. The SMILES string of the molecule is COc1ccc(S(=O)(=O)c2nc(Cc3ccccc3)oc2N2CCCCC2)cc1. The minimum absolute atomic E-state index is 0.00417. The minimum Gasteiger partial charge on any atom is -0.497 e. The normalized spacial score (nSPS) is 14.7. The fourth-order valence-corrected chi connectivity index (χ4v) is 4.86. The molecule has 0 radical (unpaired) electrons. The Kier molecular flexibility index (Phi) is 5.58. The number of benzene rings is 2. The van der Waals surface area contributed by atoms with Gasteiger partial charge in [-0.05, 0) is 49.1 Å². The Morgan fingerprint density at radius 3 is 2.34 bits per heavy atom. The summed E-state index contributed by atoms with van der Waals surface area (Å²) in [5, 5.41) is -0.00417. The summed E-state index contributed by atoms with van der Waals surface area (Å²) in [4.78, 5) is 6.62. The van der Waals surface area contributed by atoms with Crippen molar-refractivity contribution in [1.29, 1.82) is 0 Å². The van der Waals surface area contributed by atoms with E-state index in [-0.39, 0.29) is 9.92 Å². The number of anilines is 1. The van der Waals surface area contributed by atoms with Crippen LogP contribution < -0.4 is 9.64 Å². The van der Waals surface area contributed by atoms with Crippen LogP contribution in [0.5, 0.6) is 5.75 Å². The van der Waals surface area contributed by atoms with E-state index in [1.165, 1.54) is 0 Å². The summed E-state index contributed by atoms with van der Waals surface area (Å²) in [6.45, 7) is 1.54. The standard InChI is InChI=1S/C22H24N2O4S/c1-27-18-10-12-19(13-11-18)29(25,26)21-22(24-14-6-3-7-15-24)28-20(23-21)16-17-8-4-2-5-9-17/h2,4-5,8-13H,3,6-7,14-16H2,1H3. The van der Waals surface area contributed by atoms with E-state index in [9.17, 15) is 8.42 Å². The van der Waals surface area contributed by atoms with Gasteiger partial charge in [-0.15, -0.1) is 0 Å². The zero-order chi connectivity index (χ0) is 20.3. The molecular formula is C22H24N2O4S. The molecule has 1 fully saturated rings. The van der Waals surface area contributed by atoms with Gasteiger partial charge in [0.1, 0.15) is 5.75 Å².